The number of amides is 1. The van der Waals surface area contributed by atoms with Crippen molar-refractivity contribution in [1.82, 2.24) is 15.3 Å². The number of furan rings is 1. The Kier molecular flexibility index (Phi) is 5.24. The van der Waals surface area contributed by atoms with Crippen molar-refractivity contribution in [2.75, 3.05) is 5.32 Å². The lowest BCUT2D eigenvalue weighted by atomic mass is 10.1. The van der Waals surface area contributed by atoms with Crippen LogP contribution in [0.3, 0.4) is 0 Å². The molecular formula is C17H22N4O2. The molecule has 0 aromatic carbocycles. The normalized spacial score (nSPS) is 15.8. The fourth-order valence-corrected chi connectivity index (χ4v) is 2.85. The third-order valence-corrected chi connectivity index (χ3v) is 4.11. The lowest BCUT2D eigenvalue weighted by Crippen LogP contribution is -2.34. The number of carbonyl (C=O) groups excluding carboxylic acids is 1. The van der Waals surface area contributed by atoms with Crippen LogP contribution in [0.1, 0.15) is 54.8 Å². The number of aromatic nitrogens is 2. The molecule has 2 aromatic heterocycles. The molecule has 0 radical (unpaired) electrons. The summed E-state index contributed by atoms with van der Waals surface area (Å²) < 4.78 is 5.26. The standard InChI is InChI=1S/C17H22N4O2/c22-17(21-13-6-3-1-2-4-7-13)15-10-16(20-12-19-15)18-11-14-8-5-9-23-14/h5,8-10,12-13H,1-4,6-7,11H2,(H,21,22)(H,18,19,20). The average molecular weight is 314 g/mol. The van der Waals surface area contributed by atoms with Crippen LogP contribution in [0, 0.1) is 0 Å². The average Bonchev–Trinajstić information content (AvgIpc) is 2.97. The molecule has 6 nitrogen and oxygen atoms in total. The van der Waals surface area contributed by atoms with Crippen molar-refractivity contribution in [3.05, 3.63) is 42.2 Å². The maximum Gasteiger partial charge on any atom is 0.270 e. The highest BCUT2D eigenvalue weighted by Gasteiger charge is 2.17. The summed E-state index contributed by atoms with van der Waals surface area (Å²) in [6.07, 6.45) is 10.0. The highest BCUT2D eigenvalue weighted by Crippen LogP contribution is 2.17. The van der Waals surface area contributed by atoms with Gasteiger partial charge in [-0.15, -0.1) is 0 Å². The van der Waals surface area contributed by atoms with E-state index < -0.39 is 0 Å². The zero-order valence-corrected chi connectivity index (χ0v) is 13.1. The van der Waals surface area contributed by atoms with E-state index >= 15 is 0 Å². The zero-order chi connectivity index (χ0) is 15.9. The predicted octanol–water partition coefficient (Wildman–Crippen LogP) is 3.13. The van der Waals surface area contributed by atoms with E-state index in [2.05, 4.69) is 20.6 Å². The van der Waals surface area contributed by atoms with Crippen LogP contribution in [0.25, 0.3) is 0 Å². The number of nitrogens with zero attached hydrogens (tertiary/aromatic N) is 2. The summed E-state index contributed by atoms with van der Waals surface area (Å²) in [5, 5.41) is 6.23. The minimum atomic E-state index is -0.125. The van der Waals surface area contributed by atoms with E-state index in [1.807, 2.05) is 12.1 Å². The van der Waals surface area contributed by atoms with Crippen LogP contribution in [-0.2, 0) is 6.54 Å². The van der Waals surface area contributed by atoms with Gasteiger partial charge in [-0.05, 0) is 25.0 Å². The molecule has 2 heterocycles. The molecule has 1 fully saturated rings. The molecule has 1 aliphatic rings. The van der Waals surface area contributed by atoms with Crippen molar-refractivity contribution in [2.24, 2.45) is 0 Å². The van der Waals surface area contributed by atoms with Crippen LogP contribution in [0.2, 0.25) is 0 Å². The van der Waals surface area contributed by atoms with Gasteiger partial charge in [0.2, 0.25) is 0 Å². The number of nitrogens with one attached hydrogen (secondary N) is 2. The van der Waals surface area contributed by atoms with Crippen molar-refractivity contribution in [3.8, 4) is 0 Å². The van der Waals surface area contributed by atoms with Crippen molar-refractivity contribution >= 4 is 11.7 Å². The second kappa shape index (κ2) is 7.76. The highest BCUT2D eigenvalue weighted by molar-refractivity contribution is 5.93. The van der Waals surface area contributed by atoms with Gasteiger partial charge in [0.25, 0.3) is 5.91 Å². The monoisotopic (exact) mass is 314 g/mol. The van der Waals surface area contributed by atoms with Crippen LogP contribution < -0.4 is 10.6 Å². The summed E-state index contributed by atoms with van der Waals surface area (Å²) in [6.45, 7) is 0.522. The van der Waals surface area contributed by atoms with E-state index in [0.29, 0.717) is 18.1 Å². The molecule has 2 aromatic rings. The quantitative estimate of drug-likeness (QED) is 0.829. The molecule has 0 unspecified atom stereocenters. The number of rotatable bonds is 5. The number of hydrogen-bond acceptors (Lipinski definition) is 5. The first-order valence-corrected chi connectivity index (χ1v) is 8.20. The molecule has 0 bridgehead atoms. The maximum atomic E-state index is 12.4. The predicted molar refractivity (Wildman–Crippen MR) is 87.0 cm³/mol. The van der Waals surface area contributed by atoms with Gasteiger partial charge in [-0.1, -0.05) is 25.7 Å². The summed E-state index contributed by atoms with van der Waals surface area (Å²) in [6, 6.07) is 5.66. The maximum absolute atomic E-state index is 12.4. The lowest BCUT2D eigenvalue weighted by molar-refractivity contribution is 0.0928. The van der Waals surface area contributed by atoms with Crippen LogP contribution in [0.4, 0.5) is 5.82 Å². The topological polar surface area (TPSA) is 80.0 Å². The molecule has 1 amide bonds. The summed E-state index contributed by atoms with van der Waals surface area (Å²) in [4.78, 5) is 20.6. The Bertz CT molecular complexity index is 619. The second-order valence-electron chi connectivity index (χ2n) is 5.88. The van der Waals surface area contributed by atoms with E-state index in [0.717, 1.165) is 18.6 Å². The van der Waals surface area contributed by atoms with E-state index in [-0.39, 0.29) is 11.9 Å². The Hall–Kier alpha value is -2.37. The minimum Gasteiger partial charge on any atom is -0.467 e. The van der Waals surface area contributed by atoms with Crippen LogP contribution in [0.5, 0.6) is 0 Å². The van der Waals surface area contributed by atoms with Crippen LogP contribution in [0.15, 0.2) is 35.2 Å². The third kappa shape index (κ3) is 4.55. The fourth-order valence-electron chi connectivity index (χ4n) is 2.85. The first kappa shape index (κ1) is 15.5. The van der Waals surface area contributed by atoms with Gasteiger partial charge in [-0.3, -0.25) is 4.79 Å². The minimum absolute atomic E-state index is 0.125. The molecular weight excluding hydrogens is 292 g/mol. The molecule has 1 aliphatic carbocycles. The molecule has 0 saturated heterocycles. The number of anilines is 1. The van der Waals surface area contributed by atoms with Crippen molar-refractivity contribution in [1.29, 1.82) is 0 Å². The Labute approximate surface area is 135 Å². The molecule has 6 heteroatoms. The van der Waals surface area contributed by atoms with Gasteiger partial charge in [-0.25, -0.2) is 9.97 Å². The molecule has 0 spiro atoms. The van der Waals surface area contributed by atoms with Gasteiger partial charge >= 0.3 is 0 Å². The zero-order valence-electron chi connectivity index (χ0n) is 13.1. The fraction of sp³-hybridized carbons (Fsp3) is 0.471. The first-order valence-electron chi connectivity index (χ1n) is 8.20. The van der Waals surface area contributed by atoms with Crippen LogP contribution >= 0.6 is 0 Å². The Morgan fingerprint density at radius 2 is 2.04 bits per heavy atom. The molecule has 1 saturated carbocycles. The van der Waals surface area contributed by atoms with E-state index in [1.54, 1.807) is 12.3 Å². The summed E-state index contributed by atoms with van der Waals surface area (Å²) in [5.41, 5.74) is 0.395. The molecule has 0 aliphatic heterocycles. The molecule has 3 rings (SSSR count). The Balaban J connectivity index is 1.58. The molecule has 122 valence electrons. The molecule has 23 heavy (non-hydrogen) atoms. The summed E-state index contributed by atoms with van der Waals surface area (Å²) >= 11 is 0. The number of hydrogen-bond donors (Lipinski definition) is 2. The van der Waals surface area contributed by atoms with Gasteiger partial charge in [0.15, 0.2) is 0 Å². The number of carbonyl (C=O) groups is 1. The second-order valence-corrected chi connectivity index (χ2v) is 5.88. The van der Waals surface area contributed by atoms with E-state index in [1.165, 1.54) is 32.0 Å². The van der Waals surface area contributed by atoms with Gasteiger partial charge in [-0.2, -0.15) is 0 Å². The molecule has 0 atom stereocenters. The largest absolute Gasteiger partial charge is 0.467 e. The van der Waals surface area contributed by atoms with Crippen molar-refractivity contribution in [2.45, 2.75) is 51.1 Å². The van der Waals surface area contributed by atoms with Gasteiger partial charge in [0, 0.05) is 12.1 Å². The van der Waals surface area contributed by atoms with Crippen molar-refractivity contribution in [3.63, 3.8) is 0 Å². The Morgan fingerprint density at radius 3 is 2.78 bits per heavy atom. The van der Waals surface area contributed by atoms with Gasteiger partial charge < -0.3 is 15.1 Å². The van der Waals surface area contributed by atoms with Crippen LogP contribution in [-0.4, -0.2) is 21.9 Å². The highest BCUT2D eigenvalue weighted by atomic mass is 16.3. The van der Waals surface area contributed by atoms with Crippen molar-refractivity contribution < 1.29 is 9.21 Å². The molecule has 2 N–H and O–H groups in total. The van der Waals surface area contributed by atoms with E-state index in [9.17, 15) is 4.79 Å². The lowest BCUT2D eigenvalue weighted by Gasteiger charge is -2.16. The van der Waals surface area contributed by atoms with Gasteiger partial charge in [0.1, 0.15) is 23.6 Å². The smallest absolute Gasteiger partial charge is 0.270 e. The summed E-state index contributed by atoms with van der Waals surface area (Å²) in [5.74, 6) is 1.30. The first-order chi connectivity index (χ1) is 11.3. The Morgan fingerprint density at radius 1 is 1.22 bits per heavy atom. The van der Waals surface area contributed by atoms with E-state index in [4.69, 9.17) is 4.42 Å². The third-order valence-electron chi connectivity index (χ3n) is 4.11. The SMILES string of the molecule is O=C(NC1CCCCCC1)c1cc(NCc2ccco2)ncn1. The summed E-state index contributed by atoms with van der Waals surface area (Å²) in [7, 11) is 0. The van der Waals surface area contributed by atoms with Gasteiger partial charge in [0.05, 0.1) is 12.8 Å².